The van der Waals surface area contributed by atoms with Crippen LogP contribution in [0, 0.1) is 0 Å². The molecule has 1 unspecified atom stereocenters. The Morgan fingerprint density at radius 3 is 2.55 bits per heavy atom. The van der Waals surface area contributed by atoms with Crippen LogP contribution in [0.25, 0.3) is 10.9 Å². The fourth-order valence-corrected chi connectivity index (χ4v) is 4.07. The minimum Gasteiger partial charge on any atom is -0.506 e. The van der Waals surface area contributed by atoms with Crippen LogP contribution in [-0.4, -0.2) is 28.9 Å². The van der Waals surface area contributed by atoms with Gasteiger partial charge in [-0.3, -0.25) is 9.36 Å². The van der Waals surface area contributed by atoms with Gasteiger partial charge in [0.1, 0.15) is 12.4 Å². The molecular formula is C21H15BrF3NO5. The minimum absolute atomic E-state index is 0.00716. The number of halogens is 4. The topological polar surface area (TPSA) is 77.8 Å². The van der Waals surface area contributed by atoms with E-state index in [-0.39, 0.29) is 29.9 Å². The quantitative estimate of drug-likeness (QED) is 0.533. The second-order valence-corrected chi connectivity index (χ2v) is 7.69. The highest BCUT2D eigenvalue weighted by molar-refractivity contribution is 9.10. The predicted octanol–water partition coefficient (Wildman–Crippen LogP) is 4.65. The summed E-state index contributed by atoms with van der Waals surface area (Å²) < 4.78 is 51.3. The van der Waals surface area contributed by atoms with Gasteiger partial charge in [-0.15, -0.1) is 0 Å². The second kappa shape index (κ2) is 7.60. The van der Waals surface area contributed by atoms with Crippen molar-refractivity contribution >= 4 is 32.8 Å². The number of hydrogen-bond donors (Lipinski definition) is 1. The molecule has 2 heterocycles. The van der Waals surface area contributed by atoms with E-state index < -0.39 is 40.6 Å². The Labute approximate surface area is 181 Å². The number of carbonyl (C=O) groups is 1. The smallest absolute Gasteiger partial charge is 0.416 e. The summed E-state index contributed by atoms with van der Waals surface area (Å²) in [5.74, 6) is -1.25. The van der Waals surface area contributed by atoms with Crippen molar-refractivity contribution < 1.29 is 32.5 Å². The predicted molar refractivity (Wildman–Crippen MR) is 109 cm³/mol. The van der Waals surface area contributed by atoms with Crippen LogP contribution < -0.4 is 10.3 Å². The van der Waals surface area contributed by atoms with Crippen molar-refractivity contribution in [3.63, 3.8) is 0 Å². The third-order valence-electron chi connectivity index (χ3n) is 5.05. The lowest BCUT2D eigenvalue weighted by Crippen LogP contribution is -2.36. The summed E-state index contributed by atoms with van der Waals surface area (Å²) in [5.41, 5.74) is -1.59. The molecule has 31 heavy (non-hydrogen) atoms. The van der Waals surface area contributed by atoms with Crippen molar-refractivity contribution in [1.82, 2.24) is 4.57 Å². The van der Waals surface area contributed by atoms with E-state index in [1.54, 1.807) is 13.0 Å². The van der Waals surface area contributed by atoms with Gasteiger partial charge in [0.2, 0.25) is 0 Å². The average Bonchev–Trinajstić information content (AvgIpc) is 2.72. The molecule has 0 fully saturated rings. The molecule has 10 heteroatoms. The molecule has 3 aromatic rings. The number of hydrogen-bond acceptors (Lipinski definition) is 5. The van der Waals surface area contributed by atoms with Gasteiger partial charge in [-0.05, 0) is 52.7 Å². The Morgan fingerprint density at radius 2 is 1.94 bits per heavy atom. The van der Waals surface area contributed by atoms with E-state index in [9.17, 15) is 27.9 Å². The Bertz CT molecular complexity index is 1250. The highest BCUT2D eigenvalue weighted by Gasteiger charge is 2.34. The maximum atomic E-state index is 13.3. The Balaban J connectivity index is 2.00. The van der Waals surface area contributed by atoms with Gasteiger partial charge in [0, 0.05) is 5.39 Å². The van der Waals surface area contributed by atoms with Crippen LogP contribution in [0.4, 0.5) is 13.2 Å². The fourth-order valence-electron chi connectivity index (χ4n) is 3.63. The molecule has 2 aromatic carbocycles. The number of benzene rings is 2. The lowest BCUT2D eigenvalue weighted by molar-refractivity contribution is -0.137. The Hall–Kier alpha value is -3.01. The van der Waals surface area contributed by atoms with Crippen LogP contribution in [0.1, 0.15) is 34.5 Å². The number of alkyl halides is 3. The van der Waals surface area contributed by atoms with Crippen LogP contribution >= 0.6 is 15.9 Å². The monoisotopic (exact) mass is 497 g/mol. The van der Waals surface area contributed by atoms with E-state index in [1.165, 1.54) is 22.8 Å². The third kappa shape index (κ3) is 3.44. The number of nitrogens with zero attached hydrogens (tertiary/aromatic N) is 1. The first-order chi connectivity index (χ1) is 14.6. The van der Waals surface area contributed by atoms with Crippen LogP contribution in [0.3, 0.4) is 0 Å². The van der Waals surface area contributed by atoms with Crippen LogP contribution in [0.5, 0.6) is 11.5 Å². The molecule has 4 rings (SSSR count). The number of ether oxygens (including phenoxy) is 2. The summed E-state index contributed by atoms with van der Waals surface area (Å²) in [6, 6.07) is 6.63. The lowest BCUT2D eigenvalue weighted by atomic mass is 10.0. The second-order valence-electron chi connectivity index (χ2n) is 6.84. The number of pyridine rings is 1. The van der Waals surface area contributed by atoms with E-state index in [1.807, 2.05) is 0 Å². The molecule has 0 spiro atoms. The molecule has 0 radical (unpaired) electrons. The maximum absolute atomic E-state index is 13.3. The number of aromatic hydroxyl groups is 1. The molecular weight excluding hydrogens is 483 g/mol. The molecule has 0 amide bonds. The van der Waals surface area contributed by atoms with Gasteiger partial charge in [0.25, 0.3) is 5.56 Å². The minimum atomic E-state index is -4.50. The van der Waals surface area contributed by atoms with E-state index in [4.69, 9.17) is 9.47 Å². The van der Waals surface area contributed by atoms with E-state index >= 15 is 0 Å². The molecule has 1 atom stereocenters. The molecule has 0 bridgehead atoms. The largest absolute Gasteiger partial charge is 0.506 e. The first kappa shape index (κ1) is 21.2. The molecule has 0 aliphatic carbocycles. The number of aromatic nitrogens is 1. The summed E-state index contributed by atoms with van der Waals surface area (Å²) in [7, 11) is 0. The van der Waals surface area contributed by atoms with Gasteiger partial charge in [-0.1, -0.05) is 12.1 Å². The van der Waals surface area contributed by atoms with Gasteiger partial charge in [-0.2, -0.15) is 13.2 Å². The molecule has 1 aliphatic rings. The van der Waals surface area contributed by atoms with Crippen molar-refractivity contribution in [2.75, 3.05) is 13.2 Å². The van der Waals surface area contributed by atoms with Crippen molar-refractivity contribution in [1.29, 1.82) is 0 Å². The third-order valence-corrected chi connectivity index (χ3v) is 5.67. The van der Waals surface area contributed by atoms with Crippen LogP contribution in [-0.2, 0) is 10.9 Å². The molecule has 0 saturated heterocycles. The van der Waals surface area contributed by atoms with Crippen molar-refractivity contribution in [2.24, 2.45) is 0 Å². The zero-order valence-electron chi connectivity index (χ0n) is 16.0. The average molecular weight is 498 g/mol. The maximum Gasteiger partial charge on any atom is 0.416 e. The zero-order chi connectivity index (χ0) is 22.5. The lowest BCUT2D eigenvalue weighted by Gasteiger charge is -2.30. The summed E-state index contributed by atoms with van der Waals surface area (Å²) >= 11 is 3.34. The molecule has 6 nitrogen and oxygen atoms in total. The van der Waals surface area contributed by atoms with E-state index in [2.05, 4.69) is 15.9 Å². The fraction of sp³-hybridized carbons (Fsp3) is 0.238. The van der Waals surface area contributed by atoms with Gasteiger partial charge in [0.15, 0.2) is 11.3 Å². The Morgan fingerprint density at radius 1 is 1.26 bits per heavy atom. The van der Waals surface area contributed by atoms with Gasteiger partial charge < -0.3 is 14.6 Å². The number of carbonyl (C=O) groups excluding carboxylic acids is 1. The van der Waals surface area contributed by atoms with Crippen molar-refractivity contribution in [3.05, 3.63) is 67.9 Å². The molecule has 1 aliphatic heterocycles. The van der Waals surface area contributed by atoms with Crippen molar-refractivity contribution in [2.45, 2.75) is 19.1 Å². The van der Waals surface area contributed by atoms with Gasteiger partial charge in [0.05, 0.1) is 28.2 Å². The van der Waals surface area contributed by atoms with E-state index in [0.717, 1.165) is 12.1 Å². The van der Waals surface area contributed by atoms with Crippen LogP contribution in [0.2, 0.25) is 0 Å². The number of esters is 1. The highest BCUT2D eigenvalue weighted by Crippen LogP contribution is 2.43. The molecule has 1 N–H and O–H groups in total. The normalized spacial score (nSPS) is 15.6. The number of rotatable bonds is 3. The Kier molecular flexibility index (Phi) is 5.20. The standard InChI is InChI=1S/C21H15BrF3NO5/c1-2-30-20(29)15-17(27)12-7-8-13(22)18-16(12)26(19(15)28)14(9-31-18)10-3-5-11(6-4-10)21(23,24)25/h3-8,14,27H,2,9H2,1H3. The highest BCUT2D eigenvalue weighted by atomic mass is 79.9. The van der Waals surface area contributed by atoms with E-state index in [0.29, 0.717) is 10.0 Å². The first-order valence-corrected chi connectivity index (χ1v) is 10.0. The van der Waals surface area contributed by atoms with Gasteiger partial charge in [-0.25, -0.2) is 4.79 Å². The summed E-state index contributed by atoms with van der Waals surface area (Å²) in [4.78, 5) is 25.7. The van der Waals surface area contributed by atoms with Crippen molar-refractivity contribution in [3.8, 4) is 11.5 Å². The molecule has 162 valence electrons. The first-order valence-electron chi connectivity index (χ1n) is 9.21. The molecule has 1 aromatic heterocycles. The molecule has 0 saturated carbocycles. The van der Waals surface area contributed by atoms with Crippen LogP contribution in [0.15, 0.2) is 45.7 Å². The summed E-state index contributed by atoms with van der Waals surface area (Å²) in [5, 5.41) is 10.8. The zero-order valence-corrected chi connectivity index (χ0v) is 17.6. The summed E-state index contributed by atoms with van der Waals surface area (Å²) in [6.07, 6.45) is -4.50. The summed E-state index contributed by atoms with van der Waals surface area (Å²) in [6.45, 7) is 1.49. The SMILES string of the molecule is CCOC(=O)c1c(O)c2ccc(Br)c3c2n(c1=O)C(c1ccc(C(F)(F)F)cc1)CO3. The van der Waals surface area contributed by atoms with Gasteiger partial charge >= 0.3 is 12.1 Å².